The van der Waals surface area contributed by atoms with E-state index in [-0.39, 0.29) is 0 Å². The Morgan fingerprint density at radius 1 is 1.47 bits per heavy atom. The minimum absolute atomic E-state index is 0.351. The van der Waals surface area contributed by atoms with Crippen molar-refractivity contribution in [3.8, 4) is 0 Å². The summed E-state index contributed by atoms with van der Waals surface area (Å²) in [5.41, 5.74) is 2.77. The zero-order chi connectivity index (χ0) is 12.1. The molecule has 1 N–H and O–H groups in total. The molecule has 17 heavy (non-hydrogen) atoms. The predicted octanol–water partition coefficient (Wildman–Crippen LogP) is 2.36. The van der Waals surface area contributed by atoms with E-state index in [9.17, 15) is 0 Å². The largest absolute Gasteiger partial charge is 0.309 e. The third-order valence-corrected chi connectivity index (χ3v) is 3.41. The van der Waals surface area contributed by atoms with Gasteiger partial charge in [-0.3, -0.25) is 4.68 Å². The number of nitrogens with one attached hydrogen (secondary N) is 1. The second kappa shape index (κ2) is 5.96. The second-order valence-corrected chi connectivity index (χ2v) is 4.71. The van der Waals surface area contributed by atoms with Crippen molar-refractivity contribution in [1.82, 2.24) is 20.3 Å². The lowest BCUT2D eigenvalue weighted by atomic mass is 9.93. The maximum atomic E-state index is 4.02. The highest BCUT2D eigenvalue weighted by atomic mass is 15.4. The van der Waals surface area contributed by atoms with Crippen LogP contribution in [0.4, 0.5) is 0 Å². The summed E-state index contributed by atoms with van der Waals surface area (Å²) in [6.45, 7) is 3.12. The van der Waals surface area contributed by atoms with Gasteiger partial charge in [-0.05, 0) is 38.6 Å². The van der Waals surface area contributed by atoms with E-state index in [1.165, 1.54) is 31.4 Å². The maximum Gasteiger partial charge on any atom is 0.0756 e. The van der Waals surface area contributed by atoms with E-state index in [0.29, 0.717) is 6.04 Å². The van der Waals surface area contributed by atoms with Crippen LogP contribution in [-0.2, 0) is 7.05 Å². The number of nitrogens with zero attached hydrogens (tertiary/aromatic N) is 3. The van der Waals surface area contributed by atoms with Crippen molar-refractivity contribution in [3.05, 3.63) is 23.5 Å². The van der Waals surface area contributed by atoms with Crippen molar-refractivity contribution >= 4 is 0 Å². The minimum atomic E-state index is 0.351. The van der Waals surface area contributed by atoms with Gasteiger partial charge in [-0.2, -0.15) is 0 Å². The van der Waals surface area contributed by atoms with E-state index >= 15 is 0 Å². The van der Waals surface area contributed by atoms with Gasteiger partial charge in [-0.1, -0.05) is 23.8 Å². The van der Waals surface area contributed by atoms with E-state index < -0.39 is 0 Å². The van der Waals surface area contributed by atoms with Crippen LogP contribution in [-0.4, -0.2) is 21.5 Å². The zero-order valence-corrected chi connectivity index (χ0v) is 10.8. The average molecular weight is 234 g/mol. The van der Waals surface area contributed by atoms with Crippen LogP contribution in [0.1, 0.15) is 50.8 Å². The topological polar surface area (TPSA) is 42.7 Å². The van der Waals surface area contributed by atoms with Gasteiger partial charge in [0.2, 0.25) is 0 Å². The number of hydrogen-bond acceptors (Lipinski definition) is 3. The lowest BCUT2D eigenvalue weighted by molar-refractivity contribution is 0.492. The van der Waals surface area contributed by atoms with Crippen molar-refractivity contribution in [2.75, 3.05) is 6.54 Å². The van der Waals surface area contributed by atoms with E-state index in [1.54, 1.807) is 5.57 Å². The normalized spacial score (nSPS) is 17.9. The number of allylic oxidation sites excluding steroid dienone is 1. The highest BCUT2D eigenvalue weighted by Gasteiger charge is 2.17. The Morgan fingerprint density at radius 2 is 2.35 bits per heavy atom. The van der Waals surface area contributed by atoms with Gasteiger partial charge >= 0.3 is 0 Å². The third kappa shape index (κ3) is 3.16. The molecule has 0 bridgehead atoms. The lowest BCUT2D eigenvalue weighted by Gasteiger charge is -2.21. The van der Waals surface area contributed by atoms with Gasteiger partial charge in [0.25, 0.3) is 0 Å². The van der Waals surface area contributed by atoms with Crippen LogP contribution < -0.4 is 5.32 Å². The second-order valence-electron chi connectivity index (χ2n) is 4.71. The molecule has 1 aliphatic rings. The monoisotopic (exact) mass is 234 g/mol. The summed E-state index contributed by atoms with van der Waals surface area (Å²) in [6.07, 6.45) is 10.6. The molecular formula is C13H22N4. The summed E-state index contributed by atoms with van der Waals surface area (Å²) >= 11 is 0. The third-order valence-electron chi connectivity index (χ3n) is 3.41. The molecule has 0 aromatic carbocycles. The first-order chi connectivity index (χ1) is 8.31. The Bertz CT molecular complexity index is 381. The van der Waals surface area contributed by atoms with Gasteiger partial charge in [0, 0.05) is 7.05 Å². The average Bonchev–Trinajstić information content (AvgIpc) is 2.76. The quantitative estimate of drug-likeness (QED) is 0.795. The highest BCUT2D eigenvalue weighted by molar-refractivity contribution is 5.12. The van der Waals surface area contributed by atoms with Gasteiger partial charge < -0.3 is 5.32 Å². The molecule has 1 atom stereocenters. The van der Waals surface area contributed by atoms with E-state index in [1.807, 2.05) is 17.9 Å². The molecule has 1 aromatic heterocycles. The SMILES string of the molecule is CCNC(CC1=CCCCC1)c1cnnn1C. The Hall–Kier alpha value is -1.16. The molecule has 0 radical (unpaired) electrons. The predicted molar refractivity (Wildman–Crippen MR) is 68.6 cm³/mol. The van der Waals surface area contributed by atoms with E-state index in [4.69, 9.17) is 0 Å². The van der Waals surface area contributed by atoms with Crippen LogP contribution in [0.2, 0.25) is 0 Å². The van der Waals surface area contributed by atoms with Gasteiger partial charge in [-0.25, -0.2) is 0 Å². The van der Waals surface area contributed by atoms with E-state index in [2.05, 4.69) is 28.6 Å². The van der Waals surface area contributed by atoms with Crippen LogP contribution in [0.25, 0.3) is 0 Å². The molecule has 0 amide bonds. The van der Waals surface area contributed by atoms with Crippen LogP contribution >= 0.6 is 0 Å². The molecule has 94 valence electrons. The molecular weight excluding hydrogens is 212 g/mol. The van der Waals surface area contributed by atoms with Crippen molar-refractivity contribution in [2.24, 2.45) is 7.05 Å². The molecule has 4 nitrogen and oxygen atoms in total. The first-order valence-electron chi connectivity index (χ1n) is 6.57. The zero-order valence-electron chi connectivity index (χ0n) is 10.8. The summed E-state index contributed by atoms with van der Waals surface area (Å²) in [6, 6.07) is 0.351. The standard InChI is InChI=1S/C13H22N4/c1-3-14-12(13-10-15-16-17(13)2)9-11-7-5-4-6-8-11/h7,10,12,14H,3-6,8-9H2,1-2H3. The molecule has 0 aliphatic heterocycles. The van der Waals surface area contributed by atoms with Gasteiger partial charge in [0.1, 0.15) is 0 Å². The molecule has 0 spiro atoms. The summed E-state index contributed by atoms with van der Waals surface area (Å²) in [5.74, 6) is 0. The van der Waals surface area contributed by atoms with Crippen LogP contribution in [0.5, 0.6) is 0 Å². The first-order valence-corrected chi connectivity index (χ1v) is 6.57. The Balaban J connectivity index is 2.07. The maximum absolute atomic E-state index is 4.02. The van der Waals surface area contributed by atoms with Crippen molar-refractivity contribution in [3.63, 3.8) is 0 Å². The summed E-state index contributed by atoms with van der Waals surface area (Å²) in [4.78, 5) is 0. The van der Waals surface area contributed by atoms with Gasteiger partial charge in [0.05, 0.1) is 17.9 Å². The molecule has 1 heterocycles. The fourth-order valence-corrected chi connectivity index (χ4v) is 2.49. The first kappa shape index (κ1) is 12.3. The van der Waals surface area contributed by atoms with Gasteiger partial charge in [0.15, 0.2) is 0 Å². The molecule has 0 saturated heterocycles. The molecule has 2 rings (SSSR count). The highest BCUT2D eigenvalue weighted by Crippen LogP contribution is 2.26. The molecule has 1 aliphatic carbocycles. The summed E-state index contributed by atoms with van der Waals surface area (Å²) in [5, 5.41) is 11.5. The van der Waals surface area contributed by atoms with Crippen molar-refractivity contribution in [2.45, 2.75) is 45.1 Å². The Kier molecular flexibility index (Phi) is 4.31. The molecule has 4 heteroatoms. The fraction of sp³-hybridized carbons (Fsp3) is 0.692. The van der Waals surface area contributed by atoms with Gasteiger partial charge in [-0.15, -0.1) is 5.10 Å². The van der Waals surface area contributed by atoms with Crippen molar-refractivity contribution in [1.29, 1.82) is 0 Å². The number of hydrogen-bond donors (Lipinski definition) is 1. The fourth-order valence-electron chi connectivity index (χ4n) is 2.49. The number of aromatic nitrogens is 3. The summed E-state index contributed by atoms with van der Waals surface area (Å²) in [7, 11) is 1.96. The van der Waals surface area contributed by atoms with Crippen LogP contribution in [0, 0.1) is 0 Å². The molecule has 0 saturated carbocycles. The minimum Gasteiger partial charge on any atom is -0.309 e. The molecule has 1 unspecified atom stereocenters. The molecule has 0 fully saturated rings. The Morgan fingerprint density at radius 3 is 2.94 bits per heavy atom. The van der Waals surface area contributed by atoms with Crippen LogP contribution in [0.15, 0.2) is 17.8 Å². The van der Waals surface area contributed by atoms with E-state index in [0.717, 1.165) is 13.0 Å². The number of aryl methyl sites for hydroxylation is 1. The molecule has 1 aromatic rings. The Labute approximate surface area is 103 Å². The summed E-state index contributed by atoms with van der Waals surface area (Å²) < 4.78 is 1.87. The number of rotatable bonds is 5. The lowest BCUT2D eigenvalue weighted by Crippen LogP contribution is -2.24. The van der Waals surface area contributed by atoms with Crippen LogP contribution in [0.3, 0.4) is 0 Å². The smallest absolute Gasteiger partial charge is 0.0756 e. The van der Waals surface area contributed by atoms with Crippen molar-refractivity contribution < 1.29 is 0 Å².